The summed E-state index contributed by atoms with van der Waals surface area (Å²) in [5, 5.41) is 15.2. The van der Waals surface area contributed by atoms with Gasteiger partial charge in [-0.05, 0) is 31.2 Å². The maximum absolute atomic E-state index is 13.9. The largest absolute Gasteiger partial charge is 0.396 e. The summed E-state index contributed by atoms with van der Waals surface area (Å²) < 4.78 is 11.9. The molecule has 5 rings (SSSR count). The zero-order valence-electron chi connectivity index (χ0n) is 22.7. The molecule has 2 unspecified atom stereocenters. The van der Waals surface area contributed by atoms with Gasteiger partial charge in [-0.3, -0.25) is 19.3 Å². The van der Waals surface area contributed by atoms with E-state index in [4.69, 9.17) is 14.6 Å². The minimum Gasteiger partial charge on any atom is -0.396 e. The standard InChI is InChI=1S/C29H42N4O6/c34-17-7-2-1-6-13-33-25(27(36)30-12-14-32-15-18-38-19-16-32)29-11-10-22(39-29)23(24(29)28(33)37)26(35)31-20-21-8-4-3-5-9-21/h3-5,8-9,22-25,34H,1-2,6-7,10-20H2,(H,30,36)(H,31,35)/t22-,23+,24-,25?,29?/m0/s1. The van der Waals surface area contributed by atoms with Crippen molar-refractivity contribution in [3.05, 3.63) is 35.9 Å². The Balaban J connectivity index is 1.29. The molecule has 214 valence electrons. The molecule has 2 bridgehead atoms. The van der Waals surface area contributed by atoms with Crippen molar-refractivity contribution < 1.29 is 29.0 Å². The molecule has 0 aromatic heterocycles. The molecule has 4 aliphatic rings. The number of rotatable bonds is 13. The van der Waals surface area contributed by atoms with Crippen LogP contribution in [0.15, 0.2) is 30.3 Å². The van der Waals surface area contributed by atoms with Crippen LogP contribution in [0.2, 0.25) is 0 Å². The first-order chi connectivity index (χ1) is 19.0. The van der Waals surface area contributed by atoms with E-state index in [0.29, 0.717) is 45.7 Å². The van der Waals surface area contributed by atoms with E-state index in [2.05, 4.69) is 15.5 Å². The fourth-order valence-corrected chi connectivity index (χ4v) is 6.90. The number of benzene rings is 1. The van der Waals surface area contributed by atoms with Gasteiger partial charge in [0.1, 0.15) is 11.6 Å². The molecule has 10 nitrogen and oxygen atoms in total. The summed E-state index contributed by atoms with van der Waals surface area (Å²) in [5.41, 5.74) is 0.0226. The van der Waals surface area contributed by atoms with Crippen LogP contribution in [-0.2, 0) is 30.4 Å². The second kappa shape index (κ2) is 12.8. The lowest BCUT2D eigenvalue weighted by atomic mass is 9.70. The number of carbonyl (C=O) groups is 3. The Morgan fingerprint density at radius 1 is 1.00 bits per heavy atom. The van der Waals surface area contributed by atoms with E-state index in [1.165, 1.54) is 0 Å². The van der Waals surface area contributed by atoms with Crippen molar-refractivity contribution in [2.75, 3.05) is 52.5 Å². The molecule has 1 spiro atoms. The molecule has 1 aromatic carbocycles. The summed E-state index contributed by atoms with van der Waals surface area (Å²) in [6, 6.07) is 8.96. The Hall–Kier alpha value is -2.53. The van der Waals surface area contributed by atoms with Crippen molar-refractivity contribution in [3.8, 4) is 0 Å². The van der Waals surface area contributed by atoms with Crippen molar-refractivity contribution in [2.24, 2.45) is 11.8 Å². The molecule has 4 heterocycles. The number of hydrogen-bond acceptors (Lipinski definition) is 7. The monoisotopic (exact) mass is 542 g/mol. The predicted octanol–water partition coefficient (Wildman–Crippen LogP) is 0.679. The SMILES string of the molecule is O=C(NCCN1CCOCC1)C1N(CCCCCCO)C(=O)[C@@H]2[C@H](C(=O)NCc3ccccc3)[C@@H]3CCC12O3. The van der Waals surface area contributed by atoms with Crippen LogP contribution < -0.4 is 10.6 Å². The highest BCUT2D eigenvalue weighted by atomic mass is 16.5. The maximum Gasteiger partial charge on any atom is 0.245 e. The van der Waals surface area contributed by atoms with E-state index in [0.717, 1.165) is 50.9 Å². The van der Waals surface area contributed by atoms with Crippen molar-refractivity contribution in [1.82, 2.24) is 20.4 Å². The number of likely N-dealkylation sites (tertiary alicyclic amines) is 1. The van der Waals surface area contributed by atoms with Crippen LogP contribution in [-0.4, -0.2) is 103 Å². The molecule has 0 saturated carbocycles. The average Bonchev–Trinajstić information content (AvgIpc) is 3.60. The number of ether oxygens (including phenoxy) is 2. The van der Waals surface area contributed by atoms with Crippen LogP contribution in [0, 0.1) is 11.8 Å². The molecule has 0 aliphatic carbocycles. The maximum atomic E-state index is 13.9. The first-order valence-electron chi connectivity index (χ1n) is 14.5. The minimum absolute atomic E-state index is 0.146. The summed E-state index contributed by atoms with van der Waals surface area (Å²) in [6.07, 6.45) is 4.09. The third kappa shape index (κ3) is 5.84. The highest BCUT2D eigenvalue weighted by Crippen LogP contribution is 2.58. The van der Waals surface area contributed by atoms with Gasteiger partial charge in [0.2, 0.25) is 17.7 Å². The summed E-state index contributed by atoms with van der Waals surface area (Å²) in [7, 11) is 0. The number of fused-ring (bicyclic) bond motifs is 1. The molecule has 4 aliphatic heterocycles. The molecule has 4 saturated heterocycles. The Morgan fingerprint density at radius 2 is 1.77 bits per heavy atom. The van der Waals surface area contributed by atoms with Gasteiger partial charge in [0.05, 0.1) is 31.2 Å². The normalized spacial score (nSPS) is 30.0. The fraction of sp³-hybridized carbons (Fsp3) is 0.690. The zero-order chi connectivity index (χ0) is 27.2. The Bertz CT molecular complexity index is 1000. The van der Waals surface area contributed by atoms with Crippen molar-refractivity contribution >= 4 is 17.7 Å². The third-order valence-corrected chi connectivity index (χ3v) is 8.80. The lowest BCUT2D eigenvalue weighted by Gasteiger charge is -2.34. The summed E-state index contributed by atoms with van der Waals surface area (Å²) in [5.74, 6) is -1.77. The van der Waals surface area contributed by atoms with Crippen LogP contribution in [0.25, 0.3) is 0 Å². The van der Waals surface area contributed by atoms with Gasteiger partial charge >= 0.3 is 0 Å². The number of nitrogens with one attached hydrogen (secondary N) is 2. The fourth-order valence-electron chi connectivity index (χ4n) is 6.90. The first-order valence-corrected chi connectivity index (χ1v) is 14.5. The number of morpholine rings is 1. The lowest BCUT2D eigenvalue weighted by Crippen LogP contribution is -2.56. The van der Waals surface area contributed by atoms with E-state index in [9.17, 15) is 14.4 Å². The number of aliphatic hydroxyl groups excluding tert-OH is 1. The molecule has 5 atom stereocenters. The molecular weight excluding hydrogens is 500 g/mol. The second-order valence-corrected chi connectivity index (χ2v) is 11.2. The molecular formula is C29H42N4O6. The van der Waals surface area contributed by atoms with E-state index >= 15 is 0 Å². The topological polar surface area (TPSA) is 120 Å². The Kier molecular flexibility index (Phi) is 9.17. The van der Waals surface area contributed by atoms with Crippen LogP contribution in [0.3, 0.4) is 0 Å². The highest BCUT2D eigenvalue weighted by Gasteiger charge is 2.74. The van der Waals surface area contributed by atoms with Crippen LogP contribution in [0.1, 0.15) is 44.1 Å². The smallest absolute Gasteiger partial charge is 0.245 e. The lowest BCUT2D eigenvalue weighted by molar-refractivity contribution is -0.142. The minimum atomic E-state index is -0.968. The molecule has 10 heteroatoms. The zero-order valence-corrected chi connectivity index (χ0v) is 22.7. The van der Waals surface area contributed by atoms with Gasteiger partial charge in [-0.2, -0.15) is 0 Å². The Morgan fingerprint density at radius 3 is 2.54 bits per heavy atom. The molecule has 0 radical (unpaired) electrons. The van der Waals surface area contributed by atoms with E-state index < -0.39 is 23.5 Å². The number of aliphatic hydroxyl groups is 1. The van der Waals surface area contributed by atoms with Gasteiger partial charge in [-0.25, -0.2) is 0 Å². The number of nitrogens with zero attached hydrogens (tertiary/aromatic N) is 2. The number of carbonyl (C=O) groups excluding carboxylic acids is 3. The van der Waals surface area contributed by atoms with E-state index in [1.807, 2.05) is 30.3 Å². The van der Waals surface area contributed by atoms with Crippen LogP contribution >= 0.6 is 0 Å². The first kappa shape index (κ1) is 28.0. The number of hydrogen-bond donors (Lipinski definition) is 3. The molecule has 3 amide bonds. The van der Waals surface area contributed by atoms with E-state index in [-0.39, 0.29) is 30.4 Å². The van der Waals surface area contributed by atoms with Gasteiger partial charge < -0.3 is 30.1 Å². The summed E-state index contributed by atoms with van der Waals surface area (Å²) >= 11 is 0. The van der Waals surface area contributed by atoms with Gasteiger partial charge in [-0.15, -0.1) is 0 Å². The average molecular weight is 543 g/mol. The molecule has 1 aromatic rings. The summed E-state index contributed by atoms with van der Waals surface area (Å²) in [6.45, 7) is 5.26. The van der Waals surface area contributed by atoms with Gasteiger partial charge in [0.25, 0.3) is 0 Å². The van der Waals surface area contributed by atoms with Crippen molar-refractivity contribution in [3.63, 3.8) is 0 Å². The van der Waals surface area contributed by atoms with Gasteiger partial charge in [-0.1, -0.05) is 43.2 Å². The van der Waals surface area contributed by atoms with Crippen molar-refractivity contribution in [1.29, 1.82) is 0 Å². The van der Waals surface area contributed by atoms with Crippen molar-refractivity contribution in [2.45, 2.75) is 62.8 Å². The molecule has 4 fully saturated rings. The predicted molar refractivity (Wildman–Crippen MR) is 143 cm³/mol. The van der Waals surface area contributed by atoms with E-state index in [1.54, 1.807) is 4.90 Å². The number of unbranched alkanes of at least 4 members (excludes halogenated alkanes) is 3. The third-order valence-electron chi connectivity index (χ3n) is 8.80. The van der Waals surface area contributed by atoms with Crippen LogP contribution in [0.5, 0.6) is 0 Å². The second-order valence-electron chi connectivity index (χ2n) is 11.2. The summed E-state index contributed by atoms with van der Waals surface area (Å²) in [4.78, 5) is 45.1. The highest BCUT2D eigenvalue weighted by molar-refractivity contribution is 5.98. The van der Waals surface area contributed by atoms with Crippen LogP contribution in [0.4, 0.5) is 0 Å². The molecule has 39 heavy (non-hydrogen) atoms. The van der Waals surface area contributed by atoms with Gasteiger partial charge in [0.15, 0.2) is 0 Å². The molecule has 3 N–H and O–H groups in total. The quantitative estimate of drug-likeness (QED) is 0.314. The Labute approximate surface area is 230 Å². The number of amides is 3. The van der Waals surface area contributed by atoms with Gasteiger partial charge in [0, 0.05) is 45.9 Å².